The Morgan fingerprint density at radius 1 is 1.47 bits per heavy atom. The zero-order valence-corrected chi connectivity index (χ0v) is 8.84. The molecule has 0 radical (unpaired) electrons. The lowest BCUT2D eigenvalue weighted by Crippen LogP contribution is -2.13. The highest BCUT2D eigenvalue weighted by Gasteiger charge is 2.15. The number of carboxylic acids is 1. The predicted octanol–water partition coefficient (Wildman–Crippen LogP) is 0.866. The van der Waals surface area contributed by atoms with Gasteiger partial charge in [0, 0.05) is 6.54 Å². The number of benzene rings is 1. The Kier molecular flexibility index (Phi) is 3.82. The highest BCUT2D eigenvalue weighted by molar-refractivity contribution is 5.74. The Balaban J connectivity index is 2.87. The molecule has 0 aliphatic rings. The average molecular weight is 209 g/mol. The fourth-order valence-corrected chi connectivity index (χ4v) is 1.37. The van der Waals surface area contributed by atoms with Crippen LogP contribution in [-0.4, -0.2) is 35.2 Å². The molecule has 0 aromatic heterocycles. The molecular weight excluding hydrogens is 194 g/mol. The molecule has 15 heavy (non-hydrogen) atoms. The second kappa shape index (κ2) is 4.91. The van der Waals surface area contributed by atoms with Gasteiger partial charge >= 0.3 is 5.97 Å². The van der Waals surface area contributed by atoms with Gasteiger partial charge in [-0.05, 0) is 25.2 Å². The van der Waals surface area contributed by atoms with Crippen molar-refractivity contribution in [1.82, 2.24) is 4.90 Å². The summed E-state index contributed by atoms with van der Waals surface area (Å²) < 4.78 is 0. The summed E-state index contributed by atoms with van der Waals surface area (Å²) in [4.78, 5) is 12.6. The molecule has 0 aliphatic heterocycles. The summed E-state index contributed by atoms with van der Waals surface area (Å²) in [6, 6.07) is 6.97. The molecule has 1 unspecified atom stereocenters. The Labute approximate surface area is 88.8 Å². The van der Waals surface area contributed by atoms with Crippen molar-refractivity contribution in [2.45, 2.75) is 12.6 Å². The summed E-state index contributed by atoms with van der Waals surface area (Å²) in [6.07, 6.45) is -1.44. The number of rotatable bonds is 4. The Bertz CT molecular complexity index is 349. The standard InChI is InChI=1S/C11H15NO3/c1-12(2)7-8-4-3-5-9(6-8)10(13)11(14)15/h3-6,10,13H,7H2,1-2H3,(H,14,15). The SMILES string of the molecule is CN(C)Cc1cccc(C(O)C(=O)O)c1. The number of carboxylic acid groups (broad SMARTS) is 1. The molecule has 1 rings (SSSR count). The topological polar surface area (TPSA) is 60.8 Å². The van der Waals surface area contributed by atoms with E-state index in [1.165, 1.54) is 0 Å². The predicted molar refractivity (Wildman–Crippen MR) is 56.4 cm³/mol. The monoisotopic (exact) mass is 209 g/mol. The molecule has 0 heterocycles. The van der Waals surface area contributed by atoms with Crippen molar-refractivity contribution in [2.75, 3.05) is 14.1 Å². The molecule has 4 nitrogen and oxygen atoms in total. The Hall–Kier alpha value is -1.39. The van der Waals surface area contributed by atoms with Gasteiger partial charge in [0.25, 0.3) is 0 Å². The third-order valence-corrected chi connectivity index (χ3v) is 2.00. The Morgan fingerprint density at radius 2 is 2.13 bits per heavy atom. The normalized spacial score (nSPS) is 12.8. The van der Waals surface area contributed by atoms with Gasteiger partial charge in [-0.15, -0.1) is 0 Å². The maximum absolute atomic E-state index is 10.6. The third kappa shape index (κ3) is 3.34. The molecule has 0 spiro atoms. The molecule has 0 saturated heterocycles. The highest BCUT2D eigenvalue weighted by Crippen LogP contribution is 2.15. The van der Waals surface area contributed by atoms with Crippen LogP contribution in [-0.2, 0) is 11.3 Å². The third-order valence-electron chi connectivity index (χ3n) is 2.00. The van der Waals surface area contributed by atoms with Crippen LogP contribution in [0.4, 0.5) is 0 Å². The molecule has 4 heteroatoms. The van der Waals surface area contributed by atoms with Crippen molar-refractivity contribution in [3.63, 3.8) is 0 Å². The quantitative estimate of drug-likeness (QED) is 0.772. The fraction of sp³-hybridized carbons (Fsp3) is 0.364. The number of carbonyl (C=O) groups is 1. The van der Waals surface area contributed by atoms with E-state index in [1.807, 2.05) is 25.1 Å². The van der Waals surface area contributed by atoms with Crippen molar-refractivity contribution in [2.24, 2.45) is 0 Å². The van der Waals surface area contributed by atoms with E-state index in [4.69, 9.17) is 5.11 Å². The second-order valence-corrected chi connectivity index (χ2v) is 3.72. The lowest BCUT2D eigenvalue weighted by molar-refractivity contribution is -0.146. The van der Waals surface area contributed by atoms with Crippen molar-refractivity contribution in [1.29, 1.82) is 0 Å². The zero-order chi connectivity index (χ0) is 11.4. The first-order valence-corrected chi connectivity index (χ1v) is 4.65. The van der Waals surface area contributed by atoms with Crippen LogP contribution in [0.1, 0.15) is 17.2 Å². The van der Waals surface area contributed by atoms with Crippen molar-refractivity contribution in [3.05, 3.63) is 35.4 Å². The first-order chi connectivity index (χ1) is 7.00. The number of hydrogen-bond donors (Lipinski definition) is 2. The van der Waals surface area contributed by atoms with Gasteiger partial charge in [0.05, 0.1) is 0 Å². The van der Waals surface area contributed by atoms with Crippen LogP contribution in [0, 0.1) is 0 Å². The summed E-state index contributed by atoms with van der Waals surface area (Å²) in [5.41, 5.74) is 1.40. The van der Waals surface area contributed by atoms with E-state index in [2.05, 4.69) is 0 Å². The van der Waals surface area contributed by atoms with Gasteiger partial charge in [-0.25, -0.2) is 4.79 Å². The van der Waals surface area contributed by atoms with Gasteiger partial charge in [0.15, 0.2) is 6.10 Å². The minimum atomic E-state index is -1.44. The number of aliphatic carboxylic acids is 1. The largest absolute Gasteiger partial charge is 0.479 e. The number of hydrogen-bond acceptors (Lipinski definition) is 3. The zero-order valence-electron chi connectivity index (χ0n) is 8.84. The summed E-state index contributed by atoms with van der Waals surface area (Å²) in [5.74, 6) is -1.22. The van der Waals surface area contributed by atoms with Gasteiger partial charge in [-0.3, -0.25) is 0 Å². The molecule has 82 valence electrons. The van der Waals surface area contributed by atoms with Crippen LogP contribution in [0.5, 0.6) is 0 Å². The van der Waals surface area contributed by atoms with Crippen LogP contribution in [0.2, 0.25) is 0 Å². The molecule has 1 aromatic rings. The van der Waals surface area contributed by atoms with Gasteiger partial charge in [0.2, 0.25) is 0 Å². The van der Waals surface area contributed by atoms with Gasteiger partial charge < -0.3 is 15.1 Å². The molecule has 1 atom stereocenters. The molecule has 0 amide bonds. The maximum atomic E-state index is 10.6. The first-order valence-electron chi connectivity index (χ1n) is 4.65. The summed E-state index contributed by atoms with van der Waals surface area (Å²) >= 11 is 0. The molecule has 0 aliphatic carbocycles. The molecule has 0 saturated carbocycles. The Morgan fingerprint density at radius 3 is 2.67 bits per heavy atom. The molecular formula is C11H15NO3. The van der Waals surface area contributed by atoms with Crippen LogP contribution >= 0.6 is 0 Å². The van der Waals surface area contributed by atoms with Crippen LogP contribution < -0.4 is 0 Å². The highest BCUT2D eigenvalue weighted by atomic mass is 16.4. The average Bonchev–Trinajstić information content (AvgIpc) is 2.16. The summed E-state index contributed by atoms with van der Waals surface area (Å²) in [7, 11) is 3.86. The van der Waals surface area contributed by atoms with Crippen molar-refractivity contribution in [3.8, 4) is 0 Å². The van der Waals surface area contributed by atoms with Crippen LogP contribution in [0.15, 0.2) is 24.3 Å². The molecule has 2 N–H and O–H groups in total. The maximum Gasteiger partial charge on any atom is 0.337 e. The van der Waals surface area contributed by atoms with Crippen molar-refractivity contribution >= 4 is 5.97 Å². The van der Waals surface area contributed by atoms with E-state index in [-0.39, 0.29) is 0 Å². The molecule has 0 fully saturated rings. The summed E-state index contributed by atoms with van der Waals surface area (Å²) in [5, 5.41) is 18.0. The molecule has 0 bridgehead atoms. The van der Waals surface area contributed by atoms with Crippen molar-refractivity contribution < 1.29 is 15.0 Å². The number of nitrogens with zero attached hydrogens (tertiary/aromatic N) is 1. The van der Waals surface area contributed by atoms with E-state index >= 15 is 0 Å². The second-order valence-electron chi connectivity index (χ2n) is 3.72. The lowest BCUT2D eigenvalue weighted by Gasteiger charge is -2.12. The van der Waals surface area contributed by atoms with Gasteiger partial charge in [-0.1, -0.05) is 24.3 Å². The van der Waals surface area contributed by atoms with E-state index in [9.17, 15) is 9.90 Å². The number of aliphatic hydroxyl groups excluding tert-OH is 1. The minimum absolute atomic E-state index is 0.418. The fourth-order valence-electron chi connectivity index (χ4n) is 1.37. The molecule has 1 aromatic carbocycles. The van der Waals surface area contributed by atoms with E-state index in [0.717, 1.165) is 12.1 Å². The first kappa shape index (κ1) is 11.7. The lowest BCUT2D eigenvalue weighted by atomic mass is 10.1. The van der Waals surface area contributed by atoms with Gasteiger partial charge in [-0.2, -0.15) is 0 Å². The van der Waals surface area contributed by atoms with Gasteiger partial charge in [0.1, 0.15) is 0 Å². The number of aliphatic hydroxyl groups is 1. The smallest absolute Gasteiger partial charge is 0.337 e. The van der Waals surface area contributed by atoms with Crippen LogP contribution in [0.3, 0.4) is 0 Å². The van der Waals surface area contributed by atoms with E-state index in [1.54, 1.807) is 18.2 Å². The van der Waals surface area contributed by atoms with E-state index in [0.29, 0.717) is 5.56 Å². The van der Waals surface area contributed by atoms with E-state index < -0.39 is 12.1 Å². The van der Waals surface area contributed by atoms with Crippen LogP contribution in [0.25, 0.3) is 0 Å². The minimum Gasteiger partial charge on any atom is -0.479 e. The summed E-state index contributed by atoms with van der Waals surface area (Å²) in [6.45, 7) is 0.722.